The van der Waals surface area contributed by atoms with Crippen LogP contribution in [0.4, 0.5) is 0 Å². The lowest BCUT2D eigenvalue weighted by Gasteiger charge is -2.10. The van der Waals surface area contributed by atoms with Gasteiger partial charge in [-0.25, -0.2) is 0 Å². The minimum absolute atomic E-state index is 0.209. The van der Waals surface area contributed by atoms with Gasteiger partial charge in [0.2, 0.25) is 0 Å². The van der Waals surface area contributed by atoms with E-state index >= 15 is 0 Å². The fourth-order valence-electron chi connectivity index (χ4n) is 1.20. The smallest absolute Gasteiger partial charge is 0.0701 e. The first-order chi connectivity index (χ1) is 6.76. The van der Waals surface area contributed by atoms with Gasteiger partial charge in [0, 0.05) is 11.4 Å². The zero-order chi connectivity index (χ0) is 10.4. The van der Waals surface area contributed by atoms with Crippen LogP contribution in [-0.2, 0) is 6.54 Å². The van der Waals surface area contributed by atoms with Crippen molar-refractivity contribution in [2.24, 2.45) is 0 Å². The van der Waals surface area contributed by atoms with E-state index in [1.807, 2.05) is 0 Å². The zero-order valence-corrected chi connectivity index (χ0v) is 10.6. The van der Waals surface area contributed by atoms with Crippen molar-refractivity contribution in [1.82, 2.24) is 5.32 Å². The molecule has 1 heterocycles. The summed E-state index contributed by atoms with van der Waals surface area (Å²) >= 11 is 5.18. The third-order valence-electron chi connectivity index (χ3n) is 1.93. The molecule has 0 aliphatic rings. The minimum Gasteiger partial charge on any atom is -0.299 e. The highest BCUT2D eigenvalue weighted by Crippen LogP contribution is 2.21. The Labute approximate surface area is 98.0 Å². The highest BCUT2D eigenvalue weighted by Gasteiger charge is 2.03. The van der Waals surface area contributed by atoms with Gasteiger partial charge in [-0.3, -0.25) is 5.32 Å². The fraction of sp³-hybridized carbons (Fsp3) is 0.455. The van der Waals surface area contributed by atoms with Crippen LogP contribution in [0.1, 0.15) is 24.6 Å². The van der Waals surface area contributed by atoms with Crippen LogP contribution in [0, 0.1) is 12.3 Å². The first-order valence-corrected chi connectivity index (χ1v) is 6.31. The second kappa shape index (κ2) is 6.23. The van der Waals surface area contributed by atoms with Crippen LogP contribution in [0.5, 0.6) is 0 Å². The van der Waals surface area contributed by atoms with Crippen molar-refractivity contribution in [3.05, 3.63) is 20.8 Å². The molecule has 14 heavy (non-hydrogen) atoms. The van der Waals surface area contributed by atoms with Crippen molar-refractivity contribution >= 4 is 27.3 Å². The van der Waals surface area contributed by atoms with Gasteiger partial charge in [0.1, 0.15) is 0 Å². The molecule has 0 fully saturated rings. The largest absolute Gasteiger partial charge is 0.299 e. The molecule has 0 radical (unpaired) electrons. The lowest BCUT2D eigenvalue weighted by Crippen LogP contribution is -2.26. The third-order valence-corrected chi connectivity index (χ3v) is 3.55. The maximum absolute atomic E-state index is 5.41. The number of thiophene rings is 1. The maximum atomic E-state index is 5.41. The van der Waals surface area contributed by atoms with Crippen molar-refractivity contribution < 1.29 is 0 Å². The van der Waals surface area contributed by atoms with Crippen LogP contribution < -0.4 is 5.32 Å². The van der Waals surface area contributed by atoms with Crippen LogP contribution >= 0.6 is 27.3 Å². The molecule has 0 spiro atoms. The normalized spacial score (nSPS) is 12.4. The van der Waals surface area contributed by atoms with Gasteiger partial charge in [-0.15, -0.1) is 17.8 Å². The van der Waals surface area contributed by atoms with Gasteiger partial charge < -0.3 is 0 Å². The molecular formula is C11H14BrNS. The fourth-order valence-corrected chi connectivity index (χ4v) is 2.64. The summed E-state index contributed by atoms with van der Waals surface area (Å²) in [5.41, 5.74) is 0. The first-order valence-electron chi connectivity index (χ1n) is 4.70. The number of halogens is 1. The summed E-state index contributed by atoms with van der Waals surface area (Å²) in [6, 6.07) is 4.38. The molecular weight excluding hydrogens is 258 g/mol. The SMILES string of the molecule is C#CC(CCC)NCc1ccc(Br)s1. The Morgan fingerprint density at radius 1 is 1.64 bits per heavy atom. The molecule has 1 nitrogen and oxygen atoms in total. The van der Waals surface area contributed by atoms with Gasteiger partial charge in [0.05, 0.1) is 9.83 Å². The average molecular weight is 272 g/mol. The predicted molar refractivity (Wildman–Crippen MR) is 66.4 cm³/mol. The third kappa shape index (κ3) is 3.83. The predicted octanol–water partition coefficient (Wildman–Crippen LogP) is 3.40. The Hall–Kier alpha value is -0.300. The van der Waals surface area contributed by atoms with E-state index in [1.165, 1.54) is 8.66 Å². The molecule has 0 aliphatic carbocycles. The minimum atomic E-state index is 0.209. The standard InChI is InChI=1S/C11H14BrNS/c1-3-5-9(4-2)13-8-10-6-7-11(12)14-10/h2,6-7,9,13H,3,5,8H2,1H3. The molecule has 0 bridgehead atoms. The lowest BCUT2D eigenvalue weighted by atomic mass is 10.2. The van der Waals surface area contributed by atoms with Gasteiger partial charge in [-0.2, -0.15) is 0 Å². The summed E-state index contributed by atoms with van der Waals surface area (Å²) in [5, 5.41) is 3.35. The van der Waals surface area contributed by atoms with Crippen LogP contribution in [0.3, 0.4) is 0 Å². The van der Waals surface area contributed by atoms with Crippen molar-refractivity contribution in [2.75, 3.05) is 0 Å². The molecule has 0 amide bonds. The van der Waals surface area contributed by atoms with E-state index < -0.39 is 0 Å². The van der Waals surface area contributed by atoms with Crippen LogP contribution in [-0.4, -0.2) is 6.04 Å². The maximum Gasteiger partial charge on any atom is 0.0701 e. The molecule has 1 aromatic heterocycles. The van der Waals surface area contributed by atoms with Crippen LogP contribution in [0.2, 0.25) is 0 Å². The van der Waals surface area contributed by atoms with E-state index in [1.54, 1.807) is 11.3 Å². The van der Waals surface area contributed by atoms with Crippen molar-refractivity contribution in [2.45, 2.75) is 32.4 Å². The van der Waals surface area contributed by atoms with Gasteiger partial charge >= 0.3 is 0 Å². The molecule has 1 atom stereocenters. The topological polar surface area (TPSA) is 12.0 Å². The molecule has 0 saturated carbocycles. The van der Waals surface area contributed by atoms with E-state index in [4.69, 9.17) is 6.42 Å². The van der Waals surface area contributed by atoms with Crippen molar-refractivity contribution in [3.8, 4) is 12.3 Å². The lowest BCUT2D eigenvalue weighted by molar-refractivity contribution is 0.566. The van der Waals surface area contributed by atoms with Crippen LogP contribution in [0.15, 0.2) is 15.9 Å². The Morgan fingerprint density at radius 2 is 2.43 bits per heavy atom. The Kier molecular flexibility index (Phi) is 5.24. The summed E-state index contributed by atoms with van der Waals surface area (Å²) in [6.45, 7) is 3.01. The monoisotopic (exact) mass is 271 g/mol. The molecule has 1 rings (SSSR count). The first kappa shape index (κ1) is 11.8. The molecule has 3 heteroatoms. The summed E-state index contributed by atoms with van der Waals surface area (Å²) in [4.78, 5) is 1.31. The van der Waals surface area contributed by atoms with Crippen molar-refractivity contribution in [1.29, 1.82) is 0 Å². The second-order valence-corrected chi connectivity index (χ2v) is 5.64. The Balaban J connectivity index is 2.36. The van der Waals surface area contributed by atoms with Gasteiger partial charge in [0.15, 0.2) is 0 Å². The number of hydrogen-bond donors (Lipinski definition) is 1. The Morgan fingerprint density at radius 3 is 2.93 bits per heavy atom. The van der Waals surface area contributed by atoms with E-state index in [2.05, 4.69) is 46.2 Å². The van der Waals surface area contributed by atoms with E-state index in [-0.39, 0.29) is 6.04 Å². The molecule has 0 aromatic carbocycles. The van der Waals surface area contributed by atoms with E-state index in [9.17, 15) is 0 Å². The quantitative estimate of drug-likeness (QED) is 0.810. The highest BCUT2D eigenvalue weighted by molar-refractivity contribution is 9.11. The average Bonchev–Trinajstić information content (AvgIpc) is 2.59. The number of terminal acetylenes is 1. The summed E-state index contributed by atoms with van der Waals surface area (Å²) in [6.07, 6.45) is 7.58. The Bertz CT molecular complexity index is 313. The number of nitrogens with one attached hydrogen (secondary N) is 1. The second-order valence-electron chi connectivity index (χ2n) is 3.09. The van der Waals surface area contributed by atoms with Gasteiger partial charge in [0.25, 0.3) is 0 Å². The van der Waals surface area contributed by atoms with Crippen molar-refractivity contribution in [3.63, 3.8) is 0 Å². The van der Waals surface area contributed by atoms with Crippen LogP contribution in [0.25, 0.3) is 0 Å². The molecule has 1 N–H and O–H groups in total. The molecule has 0 aliphatic heterocycles. The highest BCUT2D eigenvalue weighted by atomic mass is 79.9. The number of hydrogen-bond acceptors (Lipinski definition) is 2. The molecule has 76 valence electrons. The van der Waals surface area contributed by atoms with Gasteiger partial charge in [-0.05, 0) is 34.5 Å². The summed E-state index contributed by atoms with van der Waals surface area (Å²) in [7, 11) is 0. The zero-order valence-electron chi connectivity index (χ0n) is 8.22. The summed E-state index contributed by atoms with van der Waals surface area (Å²) < 4.78 is 1.17. The molecule has 1 aromatic rings. The number of rotatable bonds is 5. The van der Waals surface area contributed by atoms with E-state index in [0.29, 0.717) is 0 Å². The molecule has 1 unspecified atom stereocenters. The van der Waals surface area contributed by atoms with Gasteiger partial charge in [-0.1, -0.05) is 19.3 Å². The summed E-state index contributed by atoms with van der Waals surface area (Å²) in [5.74, 6) is 2.76. The van der Waals surface area contributed by atoms with E-state index in [0.717, 1.165) is 19.4 Å². The molecule has 0 saturated heterocycles.